The smallest absolute Gasteiger partial charge is 0.244 e. The molecule has 0 saturated carbocycles. The van der Waals surface area contributed by atoms with Crippen molar-refractivity contribution in [2.75, 3.05) is 6.54 Å². The Morgan fingerprint density at radius 3 is 2.75 bits per heavy atom. The van der Waals surface area contributed by atoms with Gasteiger partial charge in [-0.15, -0.1) is 0 Å². The molecule has 0 radical (unpaired) electrons. The number of hydrogen-bond acceptors (Lipinski definition) is 2. The Morgan fingerprint density at radius 2 is 2.05 bits per heavy atom. The Labute approximate surface area is 119 Å². The molecule has 0 spiro atoms. The number of rotatable bonds is 5. The Morgan fingerprint density at radius 1 is 1.25 bits per heavy atom. The van der Waals surface area contributed by atoms with Gasteiger partial charge in [-0.25, -0.2) is 0 Å². The lowest BCUT2D eigenvalue weighted by Gasteiger charge is -2.03. The van der Waals surface area contributed by atoms with E-state index < -0.39 is 0 Å². The third-order valence-corrected chi connectivity index (χ3v) is 2.95. The summed E-state index contributed by atoms with van der Waals surface area (Å²) in [5.41, 5.74) is 3.39. The minimum absolute atomic E-state index is 0.0824. The van der Waals surface area contributed by atoms with E-state index in [0.717, 1.165) is 12.0 Å². The summed E-state index contributed by atoms with van der Waals surface area (Å²) >= 11 is 0. The second-order valence-corrected chi connectivity index (χ2v) is 4.65. The molecule has 1 aromatic carbocycles. The fraction of sp³-hybridized carbons (Fsp3) is 0.176. The number of aryl methyl sites for hydroxylation is 1. The van der Waals surface area contributed by atoms with Gasteiger partial charge in [0.2, 0.25) is 5.91 Å². The topological polar surface area (TPSA) is 42.0 Å². The Hall–Kier alpha value is -2.42. The minimum atomic E-state index is -0.0824. The van der Waals surface area contributed by atoms with E-state index >= 15 is 0 Å². The predicted molar refractivity (Wildman–Crippen MR) is 81.2 cm³/mol. The lowest BCUT2D eigenvalue weighted by Crippen LogP contribution is -2.23. The summed E-state index contributed by atoms with van der Waals surface area (Å²) in [6.07, 6.45) is 7.56. The van der Waals surface area contributed by atoms with Crippen LogP contribution in [-0.4, -0.2) is 17.4 Å². The Bertz CT molecular complexity index is 574. The average molecular weight is 266 g/mol. The molecule has 0 unspecified atom stereocenters. The molecule has 3 heteroatoms. The molecular formula is C17H18N2O. The van der Waals surface area contributed by atoms with Crippen molar-refractivity contribution in [2.24, 2.45) is 0 Å². The number of carbonyl (C=O) groups is 1. The molecule has 0 bridgehead atoms. The van der Waals surface area contributed by atoms with Crippen LogP contribution in [0, 0.1) is 6.92 Å². The highest BCUT2D eigenvalue weighted by Gasteiger charge is 1.96. The van der Waals surface area contributed by atoms with Crippen LogP contribution in [0.15, 0.2) is 54.9 Å². The second-order valence-electron chi connectivity index (χ2n) is 4.65. The summed E-state index contributed by atoms with van der Waals surface area (Å²) in [6.45, 7) is 2.70. The van der Waals surface area contributed by atoms with Crippen LogP contribution in [0.2, 0.25) is 0 Å². The van der Waals surface area contributed by atoms with E-state index in [9.17, 15) is 4.79 Å². The largest absolute Gasteiger partial charge is 0.352 e. The van der Waals surface area contributed by atoms with E-state index in [2.05, 4.69) is 41.5 Å². The average Bonchev–Trinajstić information content (AvgIpc) is 2.48. The zero-order valence-corrected chi connectivity index (χ0v) is 11.5. The number of amides is 1. The third kappa shape index (κ3) is 4.69. The summed E-state index contributed by atoms with van der Waals surface area (Å²) in [6, 6.07) is 12.1. The molecule has 1 heterocycles. The molecule has 1 amide bonds. The van der Waals surface area contributed by atoms with Crippen LogP contribution >= 0.6 is 0 Å². The van der Waals surface area contributed by atoms with Gasteiger partial charge in [-0.05, 0) is 36.6 Å². The highest BCUT2D eigenvalue weighted by Crippen LogP contribution is 2.03. The molecule has 0 aliphatic carbocycles. The first-order valence-electron chi connectivity index (χ1n) is 6.65. The van der Waals surface area contributed by atoms with Crippen LogP contribution in [0.4, 0.5) is 0 Å². The third-order valence-electron chi connectivity index (χ3n) is 2.95. The molecule has 20 heavy (non-hydrogen) atoms. The first kappa shape index (κ1) is 14.0. The molecule has 0 fully saturated rings. The van der Waals surface area contributed by atoms with Gasteiger partial charge in [0.1, 0.15) is 0 Å². The van der Waals surface area contributed by atoms with Crippen LogP contribution in [0.5, 0.6) is 0 Å². The first-order valence-corrected chi connectivity index (χ1v) is 6.65. The fourth-order valence-electron chi connectivity index (χ4n) is 1.79. The molecule has 2 rings (SSSR count). The zero-order chi connectivity index (χ0) is 14.2. The number of aromatic nitrogens is 1. The van der Waals surface area contributed by atoms with E-state index in [1.165, 1.54) is 17.2 Å². The van der Waals surface area contributed by atoms with Gasteiger partial charge in [0.05, 0.1) is 0 Å². The zero-order valence-electron chi connectivity index (χ0n) is 11.5. The summed E-state index contributed by atoms with van der Waals surface area (Å²) < 4.78 is 0. The number of pyridine rings is 1. The van der Waals surface area contributed by atoms with Crippen molar-refractivity contribution in [3.8, 4) is 0 Å². The van der Waals surface area contributed by atoms with E-state index in [4.69, 9.17) is 0 Å². The first-order chi connectivity index (χ1) is 9.74. The lowest BCUT2D eigenvalue weighted by molar-refractivity contribution is -0.116. The monoisotopic (exact) mass is 266 g/mol. The molecule has 0 aliphatic rings. The molecule has 1 aromatic heterocycles. The quantitative estimate of drug-likeness (QED) is 0.845. The number of hydrogen-bond donors (Lipinski definition) is 1. The molecule has 1 N–H and O–H groups in total. The summed E-state index contributed by atoms with van der Waals surface area (Å²) in [7, 11) is 0. The van der Waals surface area contributed by atoms with Gasteiger partial charge in [0.15, 0.2) is 0 Å². The molecule has 0 saturated heterocycles. The van der Waals surface area contributed by atoms with Crippen molar-refractivity contribution in [3.05, 3.63) is 71.6 Å². The number of nitrogens with zero attached hydrogens (tertiary/aromatic N) is 1. The highest BCUT2D eigenvalue weighted by molar-refractivity contribution is 5.91. The van der Waals surface area contributed by atoms with Crippen molar-refractivity contribution in [3.63, 3.8) is 0 Å². The van der Waals surface area contributed by atoms with E-state index in [1.54, 1.807) is 18.5 Å². The fourth-order valence-corrected chi connectivity index (χ4v) is 1.79. The van der Waals surface area contributed by atoms with E-state index in [1.807, 2.05) is 12.1 Å². The van der Waals surface area contributed by atoms with Gasteiger partial charge in [0.25, 0.3) is 0 Å². The normalized spacial score (nSPS) is 10.7. The summed E-state index contributed by atoms with van der Waals surface area (Å²) in [4.78, 5) is 15.6. The van der Waals surface area contributed by atoms with Crippen LogP contribution in [0.3, 0.4) is 0 Å². The lowest BCUT2D eigenvalue weighted by atomic mass is 10.1. The van der Waals surface area contributed by atoms with Gasteiger partial charge in [0, 0.05) is 25.0 Å². The second kappa shape index (κ2) is 7.24. The molecule has 2 aromatic rings. The number of carbonyl (C=O) groups excluding carboxylic acids is 1. The van der Waals surface area contributed by atoms with E-state index in [-0.39, 0.29) is 5.91 Å². The molecular weight excluding hydrogens is 248 g/mol. The van der Waals surface area contributed by atoms with Gasteiger partial charge >= 0.3 is 0 Å². The predicted octanol–water partition coefficient (Wildman–Crippen LogP) is 2.76. The minimum Gasteiger partial charge on any atom is -0.352 e. The standard InChI is InChI=1S/C17H18N2O/c1-14-4-6-15(7-5-14)10-12-19-17(20)9-8-16-3-2-11-18-13-16/h2-9,11,13H,10,12H2,1H3,(H,19,20). The highest BCUT2D eigenvalue weighted by atomic mass is 16.1. The van der Waals surface area contributed by atoms with E-state index in [0.29, 0.717) is 6.54 Å². The molecule has 102 valence electrons. The molecule has 0 aliphatic heterocycles. The maximum Gasteiger partial charge on any atom is 0.244 e. The van der Waals surface area contributed by atoms with Crippen LogP contribution in [0.25, 0.3) is 6.08 Å². The maximum atomic E-state index is 11.6. The van der Waals surface area contributed by atoms with Gasteiger partial charge in [-0.2, -0.15) is 0 Å². The number of benzene rings is 1. The van der Waals surface area contributed by atoms with Crippen molar-refractivity contribution in [2.45, 2.75) is 13.3 Å². The molecule has 0 atom stereocenters. The van der Waals surface area contributed by atoms with Gasteiger partial charge in [-0.3, -0.25) is 9.78 Å². The SMILES string of the molecule is Cc1ccc(CCNC(=O)C=Cc2cccnc2)cc1. The van der Waals surface area contributed by atoms with Gasteiger partial charge in [-0.1, -0.05) is 35.9 Å². The van der Waals surface area contributed by atoms with Crippen molar-refractivity contribution in [1.82, 2.24) is 10.3 Å². The van der Waals surface area contributed by atoms with Crippen molar-refractivity contribution >= 4 is 12.0 Å². The van der Waals surface area contributed by atoms with Crippen LogP contribution < -0.4 is 5.32 Å². The molecule has 3 nitrogen and oxygen atoms in total. The summed E-state index contributed by atoms with van der Waals surface area (Å²) in [5, 5.41) is 2.87. The Kier molecular flexibility index (Phi) is 5.07. The van der Waals surface area contributed by atoms with Crippen LogP contribution in [0.1, 0.15) is 16.7 Å². The summed E-state index contributed by atoms with van der Waals surface area (Å²) in [5.74, 6) is -0.0824. The van der Waals surface area contributed by atoms with Crippen molar-refractivity contribution in [1.29, 1.82) is 0 Å². The van der Waals surface area contributed by atoms with Crippen LogP contribution in [-0.2, 0) is 11.2 Å². The van der Waals surface area contributed by atoms with Gasteiger partial charge < -0.3 is 5.32 Å². The number of nitrogens with one attached hydrogen (secondary N) is 1. The Balaban J connectivity index is 1.75. The van der Waals surface area contributed by atoms with Crippen molar-refractivity contribution < 1.29 is 4.79 Å². The maximum absolute atomic E-state index is 11.6.